The molecular formula is C58H89N11O11. The van der Waals surface area contributed by atoms with Crippen molar-refractivity contribution in [3.63, 3.8) is 0 Å². The van der Waals surface area contributed by atoms with Gasteiger partial charge in [0.15, 0.2) is 6.10 Å². The number of nitrogens with zero attached hydrogens (tertiary/aromatic N) is 1. The Balaban J connectivity index is 1.53. The first-order valence-corrected chi connectivity index (χ1v) is 28.6. The SMILES string of the molecule is CC(C)C[C@@H]1NC(=O)[C@H](CCCN)NC(=O)[C@H](C(C)C)NC(=O)[C@@H]2CCCN2C(=O)[C@@H](Cc2ccccc2)NC(=O)[C@H](CC(C)C)NC(=O)[C@H](CCCN)NC(=O)[C@H](C(C)C)NC(=O)[C@@H]2O[C@H](CNC1=O)[C@H]2OCc1ccccc1. The van der Waals surface area contributed by atoms with Crippen LogP contribution in [0.2, 0.25) is 0 Å². The lowest BCUT2D eigenvalue weighted by Crippen LogP contribution is -2.67. The third kappa shape index (κ3) is 18.8. The van der Waals surface area contributed by atoms with Crippen LogP contribution < -0.4 is 54.0 Å². The average Bonchev–Trinajstić information content (AvgIpc) is 3.91. The van der Waals surface area contributed by atoms with Gasteiger partial charge in [-0.1, -0.05) is 116 Å². The van der Waals surface area contributed by atoms with Gasteiger partial charge >= 0.3 is 0 Å². The number of benzene rings is 2. The van der Waals surface area contributed by atoms with Crippen molar-refractivity contribution in [1.82, 2.24) is 47.4 Å². The van der Waals surface area contributed by atoms with Gasteiger partial charge < -0.3 is 68.4 Å². The first-order valence-electron chi connectivity index (χ1n) is 28.6. The van der Waals surface area contributed by atoms with Crippen molar-refractivity contribution in [2.45, 2.75) is 186 Å². The lowest BCUT2D eigenvalue weighted by molar-refractivity contribution is -0.237. The molecule has 4 heterocycles. The molecule has 0 aliphatic carbocycles. The highest BCUT2D eigenvalue weighted by atomic mass is 16.6. The normalized spacial score (nSPS) is 27.5. The smallest absolute Gasteiger partial charge is 0.252 e. The molecule has 11 atom stereocenters. The van der Waals surface area contributed by atoms with Gasteiger partial charge in [0, 0.05) is 19.5 Å². The van der Waals surface area contributed by atoms with Crippen LogP contribution in [0.5, 0.6) is 0 Å². The van der Waals surface area contributed by atoms with E-state index >= 15 is 0 Å². The van der Waals surface area contributed by atoms with Crippen molar-refractivity contribution < 1.29 is 52.6 Å². The van der Waals surface area contributed by atoms with Crippen molar-refractivity contribution in [1.29, 1.82) is 0 Å². The fraction of sp³-hybridized carbons (Fsp3) is 0.638. The molecule has 4 saturated heterocycles. The molecule has 4 aliphatic rings. The largest absolute Gasteiger partial charge is 0.367 e. The Kier molecular flexibility index (Phi) is 25.3. The number of nitrogens with two attached hydrogens (primary N) is 2. The lowest BCUT2D eigenvalue weighted by Gasteiger charge is -2.44. The minimum Gasteiger partial charge on any atom is -0.367 e. The second-order valence-electron chi connectivity index (χ2n) is 22.9. The highest BCUT2D eigenvalue weighted by Crippen LogP contribution is 2.27. The number of carbonyl (C=O) groups is 9. The zero-order chi connectivity index (χ0) is 58.6. The predicted molar refractivity (Wildman–Crippen MR) is 300 cm³/mol. The van der Waals surface area contributed by atoms with E-state index in [0.717, 1.165) is 5.56 Å². The van der Waals surface area contributed by atoms with Gasteiger partial charge in [-0.25, -0.2) is 0 Å². The van der Waals surface area contributed by atoms with Crippen LogP contribution in [0.1, 0.15) is 118 Å². The molecule has 80 heavy (non-hydrogen) atoms. The molecule has 22 heteroatoms. The van der Waals surface area contributed by atoms with Gasteiger partial charge in [0.25, 0.3) is 5.91 Å². The first-order chi connectivity index (χ1) is 38.1. The van der Waals surface area contributed by atoms with Crippen molar-refractivity contribution in [3.05, 3.63) is 71.8 Å². The van der Waals surface area contributed by atoms with E-state index in [1.807, 2.05) is 64.1 Å². The topological polar surface area (TPSA) is 324 Å². The number of ether oxygens (including phenoxy) is 2. The van der Waals surface area contributed by atoms with E-state index in [1.54, 1.807) is 52.0 Å². The molecule has 2 aromatic rings. The van der Waals surface area contributed by atoms with Gasteiger partial charge in [-0.2, -0.15) is 0 Å². The Labute approximate surface area is 471 Å². The summed E-state index contributed by atoms with van der Waals surface area (Å²) < 4.78 is 12.4. The second-order valence-corrected chi connectivity index (χ2v) is 22.9. The maximum absolute atomic E-state index is 14.9. The molecule has 6 rings (SSSR count). The lowest BCUT2D eigenvalue weighted by atomic mass is 9.96. The van der Waals surface area contributed by atoms with E-state index in [-0.39, 0.29) is 83.1 Å². The minimum absolute atomic E-state index is 0.0332. The summed E-state index contributed by atoms with van der Waals surface area (Å²) in [5.41, 5.74) is 13.3. The summed E-state index contributed by atoms with van der Waals surface area (Å²) in [4.78, 5) is 131. The van der Waals surface area contributed by atoms with E-state index in [9.17, 15) is 43.2 Å². The summed E-state index contributed by atoms with van der Waals surface area (Å²) in [6.07, 6.45) is -1.06. The summed E-state index contributed by atoms with van der Waals surface area (Å²) in [5.74, 6) is -6.93. The van der Waals surface area contributed by atoms with Crippen LogP contribution in [0.3, 0.4) is 0 Å². The molecule has 2 aromatic carbocycles. The van der Waals surface area contributed by atoms with Gasteiger partial charge in [0.1, 0.15) is 60.5 Å². The van der Waals surface area contributed by atoms with Gasteiger partial charge in [-0.05, 0) is 99.3 Å². The van der Waals surface area contributed by atoms with Gasteiger partial charge in [0.2, 0.25) is 47.3 Å². The van der Waals surface area contributed by atoms with E-state index in [2.05, 4.69) is 42.5 Å². The Hall–Kier alpha value is -6.49. The number of hydrogen-bond donors (Lipinski definition) is 10. The summed E-state index contributed by atoms with van der Waals surface area (Å²) in [5, 5.41) is 22.7. The summed E-state index contributed by atoms with van der Waals surface area (Å²) in [7, 11) is 0. The van der Waals surface area contributed by atoms with Crippen LogP contribution in [0.25, 0.3) is 0 Å². The second kappa shape index (κ2) is 31.5. The maximum Gasteiger partial charge on any atom is 0.252 e. The summed E-state index contributed by atoms with van der Waals surface area (Å²) >= 11 is 0. The number of rotatable bonds is 17. The highest BCUT2D eigenvalue weighted by molar-refractivity contribution is 5.98. The zero-order valence-electron chi connectivity index (χ0n) is 47.9. The minimum atomic E-state index is -1.23. The molecule has 442 valence electrons. The maximum atomic E-state index is 14.9. The van der Waals surface area contributed by atoms with Crippen molar-refractivity contribution in [2.24, 2.45) is 35.1 Å². The number of nitrogens with one attached hydrogen (secondary N) is 8. The molecule has 0 aromatic heterocycles. The van der Waals surface area contributed by atoms with Crippen molar-refractivity contribution in [3.8, 4) is 0 Å². The average molecular weight is 1120 g/mol. The molecule has 9 amide bonds. The quantitative estimate of drug-likeness (QED) is 0.0990. The summed E-state index contributed by atoms with van der Waals surface area (Å²) in [6, 6.07) is 9.05. The van der Waals surface area contributed by atoms with E-state index in [1.165, 1.54) is 4.90 Å². The van der Waals surface area contributed by atoms with E-state index < -0.39 is 132 Å². The zero-order valence-corrected chi connectivity index (χ0v) is 47.9. The fourth-order valence-corrected chi connectivity index (χ4v) is 10.1. The van der Waals surface area contributed by atoms with Gasteiger partial charge in [-0.3, -0.25) is 43.2 Å². The molecule has 12 N–H and O–H groups in total. The van der Waals surface area contributed by atoms with Crippen molar-refractivity contribution in [2.75, 3.05) is 26.2 Å². The molecule has 0 unspecified atom stereocenters. The number of hydrogen-bond acceptors (Lipinski definition) is 13. The molecule has 0 spiro atoms. The van der Waals surface area contributed by atoms with Crippen LogP contribution in [-0.4, -0.2) is 151 Å². The van der Waals surface area contributed by atoms with E-state index in [4.69, 9.17) is 20.9 Å². The van der Waals surface area contributed by atoms with Crippen molar-refractivity contribution >= 4 is 53.2 Å². The molecule has 0 saturated carbocycles. The first kappa shape index (κ1) is 64.3. The third-order valence-electron chi connectivity index (χ3n) is 14.6. The number of carbonyl (C=O) groups excluding carboxylic acids is 9. The van der Waals surface area contributed by atoms with Gasteiger partial charge in [-0.15, -0.1) is 0 Å². The van der Waals surface area contributed by atoms with Crippen LogP contribution in [-0.2, 0) is 65.7 Å². The Morgan fingerprint density at radius 2 is 1.01 bits per heavy atom. The number of amides is 9. The third-order valence-corrected chi connectivity index (χ3v) is 14.6. The van der Waals surface area contributed by atoms with Crippen LogP contribution in [0, 0.1) is 23.7 Å². The monoisotopic (exact) mass is 1120 g/mol. The predicted octanol–water partition coefficient (Wildman–Crippen LogP) is 0.978. The summed E-state index contributed by atoms with van der Waals surface area (Å²) in [6.45, 7) is 14.9. The molecule has 4 aliphatic heterocycles. The fourth-order valence-electron chi connectivity index (χ4n) is 10.1. The molecule has 4 fully saturated rings. The van der Waals surface area contributed by atoms with E-state index in [0.29, 0.717) is 24.8 Å². The van der Waals surface area contributed by atoms with Crippen LogP contribution in [0.4, 0.5) is 0 Å². The Morgan fingerprint density at radius 3 is 1.51 bits per heavy atom. The standard InChI is InChI=1S/C58H89N11O11/c1-33(2)28-41-50(70)61-31-45-48(79-32-38-20-13-10-14-21-38)49(80-45)57(77)68-47(36(7)8)56(76)63-40(23-16-26-60)52(72)65-42(29-34(3)4)53(73)66-43(30-37-18-11-9-12-19-37)58(78)69-27-17-24-44(69)54(74)67-46(35(5)6)55(75)62-39(22-15-25-59)51(71)64-41/h9-14,18-21,33-36,39-49H,15-17,22-32,59-60H2,1-8H3,(H,61,70)(H,62,75)(H,63,76)(H,64,71)(H,65,72)(H,66,73)(H,67,74)(H,68,77)/t39-,40-,41-,42-,43+,44-,45+,46-,47-,48+,49+/m0/s1. The number of fused-ring (bicyclic) bond motifs is 23. The molecule has 22 nitrogen and oxygen atoms in total. The highest BCUT2D eigenvalue weighted by Gasteiger charge is 2.49. The Bertz CT molecular complexity index is 2390. The molecular weight excluding hydrogens is 1030 g/mol. The van der Waals surface area contributed by atoms with Crippen LogP contribution >= 0.6 is 0 Å². The van der Waals surface area contributed by atoms with Gasteiger partial charge in [0.05, 0.1) is 6.61 Å². The molecule has 0 radical (unpaired) electrons. The molecule has 2 bridgehead atoms. The van der Waals surface area contributed by atoms with Crippen LogP contribution in [0.15, 0.2) is 60.7 Å². The Morgan fingerprint density at radius 1 is 0.550 bits per heavy atom.